The molecule has 0 aliphatic heterocycles. The molecule has 0 fully saturated rings. The fourth-order valence-electron chi connectivity index (χ4n) is 3.06. The van der Waals surface area contributed by atoms with Crippen molar-refractivity contribution in [1.29, 1.82) is 0 Å². The van der Waals surface area contributed by atoms with E-state index in [0.717, 1.165) is 5.56 Å². The molecular weight excluding hydrogens is 372 g/mol. The van der Waals surface area contributed by atoms with E-state index < -0.39 is 18.4 Å². The lowest BCUT2D eigenvalue weighted by Crippen LogP contribution is -2.54. The Bertz CT molecular complexity index is 602. The van der Waals surface area contributed by atoms with Crippen molar-refractivity contribution in [2.75, 3.05) is 14.2 Å². The molecule has 0 heterocycles. The molecule has 0 spiro atoms. The highest BCUT2D eigenvalue weighted by Gasteiger charge is 2.29. The Morgan fingerprint density at radius 3 is 2.00 bits per heavy atom. The molecule has 0 saturated carbocycles. The second-order valence-electron chi connectivity index (χ2n) is 7.97. The van der Waals surface area contributed by atoms with Crippen molar-refractivity contribution in [1.82, 2.24) is 10.6 Å². The van der Waals surface area contributed by atoms with Crippen LogP contribution in [0.4, 0.5) is 4.79 Å². The van der Waals surface area contributed by atoms with E-state index in [9.17, 15) is 9.59 Å². The molecule has 0 aliphatic rings. The smallest absolute Gasteiger partial charge is 0.408 e. The number of carbonyl (C=O) groups excluding carboxylic acids is 2. The van der Waals surface area contributed by atoms with Gasteiger partial charge in [-0.05, 0) is 30.2 Å². The zero-order valence-corrected chi connectivity index (χ0v) is 18.4. The Morgan fingerprint density at radius 2 is 1.48 bits per heavy atom. The predicted molar refractivity (Wildman–Crippen MR) is 112 cm³/mol. The summed E-state index contributed by atoms with van der Waals surface area (Å²) in [6.45, 7) is 8.26. The number of methoxy groups -OCH3 is 2. The molecule has 1 aromatic rings. The van der Waals surface area contributed by atoms with Gasteiger partial charge in [0.05, 0.1) is 6.04 Å². The second kappa shape index (κ2) is 13.2. The quantitative estimate of drug-likeness (QED) is 0.517. The lowest BCUT2D eigenvalue weighted by atomic mass is 10.0. The molecule has 1 rings (SSSR count). The molecule has 7 heteroatoms. The van der Waals surface area contributed by atoms with E-state index in [2.05, 4.69) is 24.5 Å². The molecule has 0 bridgehead atoms. The van der Waals surface area contributed by atoms with Gasteiger partial charge in [0.15, 0.2) is 6.29 Å². The first-order chi connectivity index (χ1) is 13.8. The highest BCUT2D eigenvalue weighted by atomic mass is 16.7. The fourth-order valence-corrected chi connectivity index (χ4v) is 3.06. The lowest BCUT2D eigenvalue weighted by Gasteiger charge is -2.29. The molecule has 2 atom stereocenters. The topological polar surface area (TPSA) is 85.9 Å². The van der Waals surface area contributed by atoms with E-state index in [0.29, 0.717) is 18.8 Å². The molecule has 7 nitrogen and oxygen atoms in total. The van der Waals surface area contributed by atoms with Crippen molar-refractivity contribution in [3.63, 3.8) is 0 Å². The fraction of sp³-hybridized carbons (Fsp3) is 0.636. The number of alkyl carbamates (subject to hydrolysis) is 1. The van der Waals surface area contributed by atoms with Crippen LogP contribution in [-0.4, -0.2) is 44.6 Å². The van der Waals surface area contributed by atoms with Gasteiger partial charge in [-0.15, -0.1) is 0 Å². The first-order valence-electron chi connectivity index (χ1n) is 10.1. The highest BCUT2D eigenvalue weighted by molar-refractivity contribution is 5.85. The Hall–Kier alpha value is -2.12. The molecule has 2 amide bonds. The number of ether oxygens (including phenoxy) is 3. The first kappa shape index (κ1) is 24.9. The Balaban J connectivity index is 2.75. The molecule has 0 saturated heterocycles. The monoisotopic (exact) mass is 408 g/mol. The summed E-state index contributed by atoms with van der Waals surface area (Å²) in [5, 5.41) is 5.67. The molecule has 0 aliphatic carbocycles. The normalized spacial score (nSPS) is 13.4. The zero-order valence-electron chi connectivity index (χ0n) is 18.4. The van der Waals surface area contributed by atoms with Crippen LogP contribution in [0.5, 0.6) is 0 Å². The van der Waals surface area contributed by atoms with E-state index in [1.807, 2.05) is 44.2 Å². The van der Waals surface area contributed by atoms with Crippen LogP contribution in [0.3, 0.4) is 0 Å². The van der Waals surface area contributed by atoms with Crippen molar-refractivity contribution in [2.24, 2.45) is 11.8 Å². The van der Waals surface area contributed by atoms with E-state index in [-0.39, 0.29) is 24.5 Å². The van der Waals surface area contributed by atoms with Crippen molar-refractivity contribution in [2.45, 2.75) is 65.5 Å². The van der Waals surface area contributed by atoms with Crippen LogP contribution < -0.4 is 10.6 Å². The van der Waals surface area contributed by atoms with Gasteiger partial charge >= 0.3 is 6.09 Å². The number of hydrogen-bond acceptors (Lipinski definition) is 5. The van der Waals surface area contributed by atoms with Gasteiger partial charge in [-0.2, -0.15) is 0 Å². The van der Waals surface area contributed by atoms with Crippen LogP contribution in [0.1, 0.15) is 46.1 Å². The summed E-state index contributed by atoms with van der Waals surface area (Å²) in [6, 6.07) is 8.37. The van der Waals surface area contributed by atoms with Crippen LogP contribution in [0, 0.1) is 11.8 Å². The summed E-state index contributed by atoms with van der Waals surface area (Å²) in [4.78, 5) is 25.2. The first-order valence-corrected chi connectivity index (χ1v) is 10.1. The third-order valence-corrected chi connectivity index (χ3v) is 4.37. The summed E-state index contributed by atoms with van der Waals surface area (Å²) in [5.74, 6) is 0.268. The van der Waals surface area contributed by atoms with Crippen LogP contribution in [0.25, 0.3) is 0 Å². The predicted octanol–water partition coefficient (Wildman–Crippen LogP) is 3.48. The molecule has 2 N–H and O–H groups in total. The number of nitrogens with one attached hydrogen (secondary N) is 2. The van der Waals surface area contributed by atoms with E-state index in [4.69, 9.17) is 14.2 Å². The van der Waals surface area contributed by atoms with E-state index >= 15 is 0 Å². The molecule has 0 radical (unpaired) electrons. The third kappa shape index (κ3) is 9.76. The summed E-state index contributed by atoms with van der Waals surface area (Å²) < 4.78 is 16.0. The van der Waals surface area contributed by atoms with Gasteiger partial charge < -0.3 is 24.8 Å². The number of hydrogen-bond donors (Lipinski definition) is 2. The second-order valence-corrected chi connectivity index (χ2v) is 7.97. The minimum absolute atomic E-state index is 0.147. The largest absolute Gasteiger partial charge is 0.445 e. The molecule has 164 valence electrons. The number of benzene rings is 1. The highest BCUT2D eigenvalue weighted by Crippen LogP contribution is 2.13. The summed E-state index contributed by atoms with van der Waals surface area (Å²) in [7, 11) is 3.08. The molecule has 29 heavy (non-hydrogen) atoms. The molecule has 1 aromatic carbocycles. The van der Waals surface area contributed by atoms with E-state index in [1.54, 1.807) is 14.2 Å². The summed E-state index contributed by atoms with van der Waals surface area (Å²) in [6.07, 6.45) is -0.00727. The van der Waals surface area contributed by atoms with Gasteiger partial charge in [0, 0.05) is 14.2 Å². The molecule has 0 aromatic heterocycles. The van der Waals surface area contributed by atoms with Gasteiger partial charge in [0.2, 0.25) is 5.91 Å². The van der Waals surface area contributed by atoms with Gasteiger partial charge in [0.1, 0.15) is 12.6 Å². The van der Waals surface area contributed by atoms with Crippen molar-refractivity contribution in [3.8, 4) is 0 Å². The summed E-state index contributed by atoms with van der Waals surface area (Å²) in [5.41, 5.74) is 0.882. The number of rotatable bonds is 12. The number of amides is 2. The molecule has 1 unspecified atom stereocenters. The van der Waals surface area contributed by atoms with Gasteiger partial charge in [-0.25, -0.2) is 4.79 Å². The van der Waals surface area contributed by atoms with Gasteiger partial charge in [-0.3, -0.25) is 4.79 Å². The van der Waals surface area contributed by atoms with Gasteiger partial charge in [-0.1, -0.05) is 58.0 Å². The molecular formula is C22H36N2O5. The third-order valence-electron chi connectivity index (χ3n) is 4.37. The lowest BCUT2D eigenvalue weighted by molar-refractivity contribution is -0.140. The van der Waals surface area contributed by atoms with Crippen molar-refractivity contribution in [3.05, 3.63) is 35.9 Å². The average Bonchev–Trinajstić information content (AvgIpc) is 2.66. The maximum atomic E-state index is 12.9. The van der Waals surface area contributed by atoms with Crippen LogP contribution in [0.2, 0.25) is 0 Å². The maximum Gasteiger partial charge on any atom is 0.408 e. The van der Waals surface area contributed by atoms with Gasteiger partial charge in [0.25, 0.3) is 0 Å². The Labute approximate surface area is 174 Å². The van der Waals surface area contributed by atoms with Crippen molar-refractivity contribution >= 4 is 12.0 Å². The van der Waals surface area contributed by atoms with Crippen LogP contribution >= 0.6 is 0 Å². The Kier molecular flexibility index (Phi) is 11.3. The Morgan fingerprint density at radius 1 is 0.897 bits per heavy atom. The maximum absolute atomic E-state index is 12.9. The zero-order chi connectivity index (χ0) is 21.8. The average molecular weight is 409 g/mol. The van der Waals surface area contributed by atoms with Crippen molar-refractivity contribution < 1.29 is 23.8 Å². The minimum Gasteiger partial charge on any atom is -0.445 e. The summed E-state index contributed by atoms with van der Waals surface area (Å²) >= 11 is 0. The minimum atomic E-state index is -0.706. The SMILES string of the molecule is COC(OC)C(CC(C)C)NC(=O)[C@H](CC(C)C)NC(=O)OCc1ccccc1. The van der Waals surface area contributed by atoms with Crippen LogP contribution in [-0.2, 0) is 25.6 Å². The standard InChI is InChI=1S/C22H36N2O5/c1-15(2)12-18(24-22(26)29-14-17-10-8-7-9-11-17)20(25)23-19(13-16(3)4)21(27-5)28-6/h7-11,15-16,18-19,21H,12-14H2,1-6H3,(H,23,25)(H,24,26)/t18-,19?/m0/s1. The number of carbonyl (C=O) groups is 2. The van der Waals surface area contributed by atoms with E-state index in [1.165, 1.54) is 0 Å². The van der Waals surface area contributed by atoms with Crippen LogP contribution in [0.15, 0.2) is 30.3 Å².